The summed E-state index contributed by atoms with van der Waals surface area (Å²) in [5, 5.41) is 10.7. The van der Waals surface area contributed by atoms with Crippen molar-refractivity contribution in [1.82, 2.24) is 4.72 Å². The molecule has 3 rings (SSSR count). The maximum Gasteiger partial charge on any atom is 0.240 e. The summed E-state index contributed by atoms with van der Waals surface area (Å²) in [6.45, 7) is 8.30. The highest BCUT2D eigenvalue weighted by molar-refractivity contribution is 7.89. The Morgan fingerprint density at radius 1 is 1.18 bits per heavy atom. The summed E-state index contributed by atoms with van der Waals surface area (Å²) >= 11 is 0. The van der Waals surface area contributed by atoms with Gasteiger partial charge in [-0.15, -0.1) is 0 Å². The van der Waals surface area contributed by atoms with Crippen LogP contribution in [-0.2, 0) is 10.0 Å². The maximum atomic E-state index is 12.6. The third-order valence-electron chi connectivity index (χ3n) is 6.42. The summed E-state index contributed by atoms with van der Waals surface area (Å²) in [5.74, 6) is 0.174. The molecule has 0 spiro atoms. The molecule has 0 heterocycles. The number of benzene rings is 1. The zero-order valence-corrected chi connectivity index (χ0v) is 14.4. The Labute approximate surface area is 133 Å². The van der Waals surface area contributed by atoms with Gasteiger partial charge in [0.2, 0.25) is 10.0 Å². The van der Waals surface area contributed by atoms with Gasteiger partial charge >= 0.3 is 0 Å². The first-order valence-corrected chi connectivity index (χ1v) is 9.35. The van der Waals surface area contributed by atoms with Crippen LogP contribution in [0, 0.1) is 23.7 Å². The van der Waals surface area contributed by atoms with Crippen molar-refractivity contribution < 1.29 is 13.5 Å². The van der Waals surface area contributed by atoms with Gasteiger partial charge in [0.1, 0.15) is 0 Å². The minimum Gasteiger partial charge on any atom is -0.391 e. The molecular weight excluding hydrogens is 298 g/mol. The van der Waals surface area contributed by atoms with Crippen molar-refractivity contribution in [3.63, 3.8) is 0 Å². The molecule has 1 aromatic carbocycles. The third-order valence-corrected chi connectivity index (χ3v) is 7.90. The monoisotopic (exact) mass is 323 g/mol. The van der Waals surface area contributed by atoms with Crippen LogP contribution in [0.5, 0.6) is 0 Å². The fourth-order valence-corrected chi connectivity index (χ4v) is 5.73. The van der Waals surface area contributed by atoms with Crippen LogP contribution < -0.4 is 4.72 Å². The maximum absolute atomic E-state index is 12.6. The SMILES string of the molecule is Cc1ccc(S(=O)(=O)N[C@H]2C3CC[C@@](C)([C@H]2O)C3(C)C)cc1. The summed E-state index contributed by atoms with van der Waals surface area (Å²) in [4.78, 5) is 0.260. The van der Waals surface area contributed by atoms with Crippen LogP contribution >= 0.6 is 0 Å². The highest BCUT2D eigenvalue weighted by atomic mass is 32.2. The van der Waals surface area contributed by atoms with Crippen molar-refractivity contribution in [2.75, 3.05) is 0 Å². The van der Waals surface area contributed by atoms with Crippen molar-refractivity contribution in [3.8, 4) is 0 Å². The number of aliphatic hydroxyl groups excluding tert-OH is 1. The topological polar surface area (TPSA) is 66.4 Å². The lowest BCUT2D eigenvalue weighted by molar-refractivity contribution is 0.00348. The first-order valence-electron chi connectivity index (χ1n) is 7.87. The van der Waals surface area contributed by atoms with Gasteiger partial charge in [-0.25, -0.2) is 13.1 Å². The molecule has 0 amide bonds. The van der Waals surface area contributed by atoms with E-state index < -0.39 is 22.2 Å². The number of aryl methyl sites for hydroxylation is 1. The zero-order valence-electron chi connectivity index (χ0n) is 13.6. The van der Waals surface area contributed by atoms with E-state index in [-0.39, 0.29) is 21.6 Å². The second-order valence-corrected chi connectivity index (χ2v) is 9.40. The van der Waals surface area contributed by atoms with Crippen molar-refractivity contribution in [2.45, 2.75) is 57.6 Å². The van der Waals surface area contributed by atoms with Crippen LogP contribution in [0.25, 0.3) is 0 Å². The molecule has 2 N–H and O–H groups in total. The average Bonchev–Trinajstić information content (AvgIpc) is 2.73. The van der Waals surface area contributed by atoms with Gasteiger partial charge in [-0.2, -0.15) is 0 Å². The van der Waals surface area contributed by atoms with E-state index in [2.05, 4.69) is 25.5 Å². The minimum atomic E-state index is -3.60. The van der Waals surface area contributed by atoms with E-state index >= 15 is 0 Å². The van der Waals surface area contributed by atoms with E-state index in [0.717, 1.165) is 18.4 Å². The van der Waals surface area contributed by atoms with Gasteiger partial charge < -0.3 is 5.11 Å². The van der Waals surface area contributed by atoms with Crippen molar-refractivity contribution >= 4 is 10.0 Å². The molecule has 122 valence electrons. The van der Waals surface area contributed by atoms with Gasteiger partial charge in [-0.1, -0.05) is 38.5 Å². The number of hydrogen-bond donors (Lipinski definition) is 2. The van der Waals surface area contributed by atoms with Gasteiger partial charge in [0.05, 0.1) is 17.0 Å². The molecule has 0 aliphatic heterocycles. The van der Waals surface area contributed by atoms with E-state index in [1.54, 1.807) is 24.3 Å². The Kier molecular flexibility index (Phi) is 3.48. The predicted molar refractivity (Wildman–Crippen MR) is 85.9 cm³/mol. The first kappa shape index (κ1) is 16.0. The number of nitrogens with one attached hydrogen (secondary N) is 1. The lowest BCUT2D eigenvalue weighted by Crippen LogP contribution is -2.49. The Hall–Kier alpha value is -0.910. The highest BCUT2D eigenvalue weighted by Gasteiger charge is 2.66. The second kappa shape index (κ2) is 4.79. The average molecular weight is 323 g/mol. The van der Waals surface area contributed by atoms with Crippen LogP contribution in [0.1, 0.15) is 39.2 Å². The van der Waals surface area contributed by atoms with E-state index in [1.165, 1.54) is 0 Å². The normalized spacial score (nSPS) is 36.7. The Bertz CT molecular complexity index is 680. The molecule has 2 fully saturated rings. The molecule has 0 aromatic heterocycles. The quantitative estimate of drug-likeness (QED) is 0.898. The fourth-order valence-electron chi connectivity index (χ4n) is 4.45. The van der Waals surface area contributed by atoms with Gasteiger partial charge in [0.15, 0.2) is 0 Å². The molecule has 0 saturated heterocycles. The van der Waals surface area contributed by atoms with Gasteiger partial charge in [-0.05, 0) is 43.2 Å². The van der Waals surface area contributed by atoms with Gasteiger partial charge in [0, 0.05) is 5.41 Å². The smallest absolute Gasteiger partial charge is 0.240 e. The summed E-state index contributed by atoms with van der Waals surface area (Å²) in [6.07, 6.45) is 1.28. The molecule has 0 radical (unpaired) electrons. The molecule has 22 heavy (non-hydrogen) atoms. The predicted octanol–water partition coefficient (Wildman–Crippen LogP) is 2.46. The van der Waals surface area contributed by atoms with E-state index in [0.29, 0.717) is 0 Å². The number of rotatable bonds is 3. The van der Waals surface area contributed by atoms with E-state index in [1.807, 2.05) is 6.92 Å². The molecule has 2 aliphatic rings. The molecular formula is C17H25NO3S. The van der Waals surface area contributed by atoms with E-state index in [4.69, 9.17) is 0 Å². The summed E-state index contributed by atoms with van der Waals surface area (Å²) in [5.41, 5.74) is 0.734. The highest BCUT2D eigenvalue weighted by Crippen LogP contribution is 2.65. The van der Waals surface area contributed by atoms with Crippen LogP contribution in [-0.4, -0.2) is 25.7 Å². The van der Waals surface area contributed by atoms with Crippen molar-refractivity contribution in [2.24, 2.45) is 16.7 Å². The largest absolute Gasteiger partial charge is 0.391 e. The van der Waals surface area contributed by atoms with Crippen LogP contribution in [0.4, 0.5) is 0 Å². The second-order valence-electron chi connectivity index (χ2n) is 7.69. The van der Waals surface area contributed by atoms with Gasteiger partial charge in [0.25, 0.3) is 0 Å². The zero-order chi connectivity index (χ0) is 16.3. The molecule has 2 saturated carbocycles. The summed E-state index contributed by atoms with van der Waals surface area (Å²) in [7, 11) is -3.60. The third kappa shape index (κ3) is 2.06. The van der Waals surface area contributed by atoms with Gasteiger partial charge in [-0.3, -0.25) is 0 Å². The lowest BCUT2D eigenvalue weighted by atomic mass is 9.70. The molecule has 1 unspecified atom stereocenters. The molecule has 5 heteroatoms. The number of fused-ring (bicyclic) bond motifs is 2. The fraction of sp³-hybridized carbons (Fsp3) is 0.647. The van der Waals surface area contributed by atoms with Crippen LogP contribution in [0.15, 0.2) is 29.2 Å². The van der Waals surface area contributed by atoms with E-state index in [9.17, 15) is 13.5 Å². The molecule has 4 atom stereocenters. The van der Waals surface area contributed by atoms with Crippen LogP contribution in [0.2, 0.25) is 0 Å². The standard InChI is InChI=1S/C17H25NO3S/c1-11-5-7-12(8-6-11)22(20,21)18-14-13-9-10-17(4,15(14)19)16(13,2)3/h5-8,13-15,18-19H,9-10H2,1-4H3/t13?,14-,15-,17-/m0/s1. The molecule has 2 aliphatic carbocycles. The Morgan fingerprint density at radius 2 is 1.77 bits per heavy atom. The number of hydrogen-bond acceptors (Lipinski definition) is 3. The lowest BCUT2D eigenvalue weighted by Gasteiger charge is -2.37. The molecule has 4 nitrogen and oxygen atoms in total. The summed E-state index contributed by atoms with van der Waals surface area (Å²) < 4.78 is 28.0. The van der Waals surface area contributed by atoms with Crippen molar-refractivity contribution in [1.29, 1.82) is 0 Å². The van der Waals surface area contributed by atoms with Crippen LogP contribution in [0.3, 0.4) is 0 Å². The Balaban J connectivity index is 1.89. The first-order chi connectivity index (χ1) is 10.1. The minimum absolute atomic E-state index is 0.0626. The molecule has 2 bridgehead atoms. The molecule has 1 aromatic rings. The number of sulfonamides is 1. The number of aliphatic hydroxyl groups is 1. The summed E-state index contributed by atoms with van der Waals surface area (Å²) in [6, 6.07) is 6.41. The van der Waals surface area contributed by atoms with Crippen molar-refractivity contribution in [3.05, 3.63) is 29.8 Å². The Morgan fingerprint density at radius 3 is 2.27 bits per heavy atom.